The molecule has 0 amide bonds. The molecule has 0 atom stereocenters. The van der Waals surface area contributed by atoms with E-state index >= 15 is 0 Å². The zero-order valence-corrected chi connectivity index (χ0v) is 11.1. The van der Waals surface area contributed by atoms with Crippen LogP contribution in [0.3, 0.4) is 0 Å². The highest BCUT2D eigenvalue weighted by Gasteiger charge is 2.31. The lowest BCUT2D eigenvalue weighted by atomic mass is 10.1. The van der Waals surface area contributed by atoms with E-state index in [1.807, 2.05) is 4.90 Å². The molecule has 4 nitrogen and oxygen atoms in total. The van der Waals surface area contributed by atoms with Gasteiger partial charge >= 0.3 is 6.18 Å². The molecule has 1 aromatic heterocycles. The molecular weight excluding hydrogens is 271 g/mol. The molecule has 2 heterocycles. The molecule has 7 heteroatoms. The van der Waals surface area contributed by atoms with Gasteiger partial charge in [0.25, 0.3) is 0 Å². The normalized spacial score (nSPS) is 17.5. The summed E-state index contributed by atoms with van der Waals surface area (Å²) >= 11 is 0. The fraction of sp³-hybridized carbons (Fsp3) is 0.615. The number of anilines is 1. The molecule has 1 saturated heterocycles. The van der Waals surface area contributed by atoms with Crippen molar-refractivity contribution in [3.8, 4) is 0 Å². The Morgan fingerprint density at radius 2 is 2.05 bits per heavy atom. The number of aromatic nitrogens is 1. The first kappa shape index (κ1) is 15.1. The first-order valence-electron chi connectivity index (χ1n) is 6.60. The van der Waals surface area contributed by atoms with Crippen LogP contribution in [0.5, 0.6) is 0 Å². The monoisotopic (exact) mass is 289 g/mol. The van der Waals surface area contributed by atoms with E-state index in [-0.39, 0.29) is 6.10 Å². The van der Waals surface area contributed by atoms with Gasteiger partial charge in [-0.1, -0.05) is 0 Å². The second-order valence-corrected chi connectivity index (χ2v) is 4.75. The molecule has 0 bridgehead atoms. The van der Waals surface area contributed by atoms with Crippen molar-refractivity contribution >= 4 is 5.82 Å². The van der Waals surface area contributed by atoms with E-state index in [4.69, 9.17) is 10.5 Å². The Morgan fingerprint density at radius 1 is 1.35 bits per heavy atom. The van der Waals surface area contributed by atoms with Crippen molar-refractivity contribution in [2.24, 2.45) is 5.73 Å². The first-order valence-corrected chi connectivity index (χ1v) is 6.60. The van der Waals surface area contributed by atoms with Crippen molar-refractivity contribution in [1.29, 1.82) is 0 Å². The van der Waals surface area contributed by atoms with Gasteiger partial charge in [0.15, 0.2) is 0 Å². The molecule has 0 unspecified atom stereocenters. The average Bonchev–Trinajstić information content (AvgIpc) is 2.45. The maximum Gasteiger partial charge on any atom is 0.416 e. The first-order chi connectivity index (χ1) is 9.50. The molecule has 1 aliphatic rings. The van der Waals surface area contributed by atoms with Crippen molar-refractivity contribution in [3.05, 3.63) is 23.9 Å². The molecule has 0 spiro atoms. The number of rotatable bonds is 4. The number of ether oxygens (including phenoxy) is 1. The Morgan fingerprint density at radius 3 is 2.65 bits per heavy atom. The fourth-order valence-corrected chi connectivity index (χ4v) is 2.25. The number of nitrogens with two attached hydrogens (primary N) is 1. The van der Waals surface area contributed by atoms with Crippen LogP contribution in [0.25, 0.3) is 0 Å². The van der Waals surface area contributed by atoms with Gasteiger partial charge in [-0.2, -0.15) is 13.2 Å². The largest absolute Gasteiger partial charge is 0.416 e. The zero-order valence-electron chi connectivity index (χ0n) is 11.1. The number of alkyl halides is 3. The number of hydrogen-bond donors (Lipinski definition) is 1. The standard InChI is InChI=1S/C13H18F3N3O/c14-13(15,16)10-1-5-18-12(9-10)19-6-2-11(3-7-19)20-8-4-17/h1,5,9,11H,2-4,6-8,17H2. The molecule has 1 aromatic rings. The van der Waals surface area contributed by atoms with Crippen molar-refractivity contribution in [1.82, 2.24) is 4.98 Å². The third-order valence-electron chi connectivity index (χ3n) is 3.31. The maximum absolute atomic E-state index is 12.7. The molecule has 0 saturated carbocycles. The van der Waals surface area contributed by atoms with Crippen LogP contribution in [0.4, 0.5) is 19.0 Å². The van der Waals surface area contributed by atoms with Crippen molar-refractivity contribution < 1.29 is 17.9 Å². The molecule has 20 heavy (non-hydrogen) atoms. The number of nitrogens with zero attached hydrogens (tertiary/aromatic N) is 2. The number of halogens is 3. The summed E-state index contributed by atoms with van der Waals surface area (Å²) in [4.78, 5) is 5.89. The lowest BCUT2D eigenvalue weighted by Crippen LogP contribution is -2.38. The van der Waals surface area contributed by atoms with Crippen molar-refractivity contribution in [2.45, 2.75) is 25.1 Å². The highest BCUT2D eigenvalue weighted by Crippen LogP contribution is 2.31. The summed E-state index contributed by atoms with van der Waals surface area (Å²) in [5, 5.41) is 0. The van der Waals surface area contributed by atoms with Gasteiger partial charge in [-0.3, -0.25) is 0 Å². The lowest BCUT2D eigenvalue weighted by Gasteiger charge is -2.32. The summed E-state index contributed by atoms with van der Waals surface area (Å²) < 4.78 is 43.5. The van der Waals surface area contributed by atoms with Gasteiger partial charge in [0, 0.05) is 25.8 Å². The predicted octanol–water partition coefficient (Wildman–Crippen LogP) is 2.04. The number of hydrogen-bond acceptors (Lipinski definition) is 4. The highest BCUT2D eigenvalue weighted by molar-refractivity contribution is 5.42. The van der Waals surface area contributed by atoms with E-state index in [1.165, 1.54) is 6.20 Å². The zero-order chi connectivity index (χ0) is 14.6. The Bertz CT molecular complexity index is 431. The lowest BCUT2D eigenvalue weighted by molar-refractivity contribution is -0.137. The SMILES string of the molecule is NCCOC1CCN(c2cc(C(F)(F)F)ccn2)CC1. The van der Waals surface area contributed by atoms with Crippen LogP contribution in [0.15, 0.2) is 18.3 Å². The summed E-state index contributed by atoms with van der Waals surface area (Å²) in [6.45, 7) is 2.29. The van der Waals surface area contributed by atoms with Gasteiger partial charge < -0.3 is 15.4 Å². The molecule has 1 fully saturated rings. The Kier molecular flexibility index (Phi) is 4.82. The van der Waals surface area contributed by atoms with Gasteiger partial charge in [-0.25, -0.2) is 4.98 Å². The molecule has 2 N–H and O–H groups in total. The predicted molar refractivity (Wildman–Crippen MR) is 69.5 cm³/mol. The Balaban J connectivity index is 1.97. The van der Waals surface area contributed by atoms with Gasteiger partial charge in [0.05, 0.1) is 18.3 Å². The van der Waals surface area contributed by atoms with Gasteiger partial charge in [-0.05, 0) is 25.0 Å². The van der Waals surface area contributed by atoms with E-state index < -0.39 is 11.7 Å². The van der Waals surface area contributed by atoms with E-state index in [2.05, 4.69) is 4.98 Å². The van der Waals surface area contributed by atoms with E-state index in [0.717, 1.165) is 25.0 Å². The van der Waals surface area contributed by atoms with Crippen molar-refractivity contribution in [2.75, 3.05) is 31.1 Å². The van der Waals surface area contributed by atoms with Gasteiger partial charge in [0.1, 0.15) is 5.82 Å². The van der Waals surface area contributed by atoms with E-state index in [0.29, 0.717) is 32.1 Å². The minimum absolute atomic E-state index is 0.139. The summed E-state index contributed by atoms with van der Waals surface area (Å²) in [7, 11) is 0. The van der Waals surface area contributed by atoms with Crippen LogP contribution >= 0.6 is 0 Å². The van der Waals surface area contributed by atoms with Crippen LogP contribution < -0.4 is 10.6 Å². The summed E-state index contributed by atoms with van der Waals surface area (Å²) in [5.41, 5.74) is 4.71. The minimum Gasteiger partial charge on any atom is -0.377 e. The van der Waals surface area contributed by atoms with E-state index in [1.54, 1.807) is 0 Å². The molecular formula is C13H18F3N3O. The molecule has 1 aliphatic heterocycles. The molecule has 2 rings (SSSR count). The Hall–Kier alpha value is -1.34. The van der Waals surface area contributed by atoms with Crippen LogP contribution in [0, 0.1) is 0 Å². The van der Waals surface area contributed by atoms with Crippen LogP contribution in [0.1, 0.15) is 18.4 Å². The summed E-state index contributed by atoms with van der Waals surface area (Å²) in [5.74, 6) is 0.372. The average molecular weight is 289 g/mol. The van der Waals surface area contributed by atoms with Gasteiger partial charge in [0.2, 0.25) is 0 Å². The molecule has 0 radical (unpaired) electrons. The molecule has 0 aromatic carbocycles. The smallest absolute Gasteiger partial charge is 0.377 e. The summed E-state index contributed by atoms with van der Waals surface area (Å²) in [6, 6.07) is 2.08. The molecule has 0 aliphatic carbocycles. The third kappa shape index (κ3) is 3.83. The van der Waals surface area contributed by atoms with E-state index in [9.17, 15) is 13.2 Å². The topological polar surface area (TPSA) is 51.4 Å². The van der Waals surface area contributed by atoms with Crippen LogP contribution in [-0.4, -0.2) is 37.3 Å². The number of pyridine rings is 1. The minimum atomic E-state index is -4.33. The fourth-order valence-electron chi connectivity index (χ4n) is 2.25. The van der Waals surface area contributed by atoms with Gasteiger partial charge in [-0.15, -0.1) is 0 Å². The maximum atomic E-state index is 12.7. The molecule has 112 valence electrons. The third-order valence-corrected chi connectivity index (χ3v) is 3.31. The second-order valence-electron chi connectivity index (χ2n) is 4.75. The summed E-state index contributed by atoms with van der Waals surface area (Å²) in [6.07, 6.45) is -1.44. The van der Waals surface area contributed by atoms with Crippen molar-refractivity contribution in [3.63, 3.8) is 0 Å². The highest BCUT2D eigenvalue weighted by atomic mass is 19.4. The number of piperidine rings is 1. The van der Waals surface area contributed by atoms with Crippen LogP contribution in [-0.2, 0) is 10.9 Å². The second kappa shape index (κ2) is 6.41. The Labute approximate surface area is 115 Å². The van der Waals surface area contributed by atoms with Crippen LogP contribution in [0.2, 0.25) is 0 Å². The quantitative estimate of drug-likeness (QED) is 0.921.